The number of nitrogens with one attached hydrogen (secondary N) is 1. The molecule has 2 aliphatic rings. The lowest BCUT2D eigenvalue weighted by atomic mass is 10.0. The molecule has 1 aliphatic carbocycles. The summed E-state index contributed by atoms with van der Waals surface area (Å²) in [5.41, 5.74) is 2.56. The second-order valence-electron chi connectivity index (χ2n) is 6.82. The number of urea groups is 1. The van der Waals surface area contributed by atoms with E-state index in [1.54, 1.807) is 0 Å². The maximum absolute atomic E-state index is 12.0. The predicted octanol–water partition coefficient (Wildman–Crippen LogP) is 2.67. The zero-order chi connectivity index (χ0) is 16.4. The van der Waals surface area contributed by atoms with Gasteiger partial charge in [-0.3, -0.25) is 14.6 Å². The Kier molecular flexibility index (Phi) is 4.66. The van der Waals surface area contributed by atoms with E-state index < -0.39 is 0 Å². The number of benzene rings is 1. The van der Waals surface area contributed by atoms with E-state index in [0.29, 0.717) is 31.6 Å². The first-order chi connectivity index (χ1) is 11.0. The number of nitrogens with zero attached hydrogens (tertiary/aromatic N) is 2. The summed E-state index contributed by atoms with van der Waals surface area (Å²) in [6, 6.07) is 8.88. The molecule has 3 rings (SSSR count). The molecule has 0 aromatic heterocycles. The summed E-state index contributed by atoms with van der Waals surface area (Å²) in [7, 11) is 0. The zero-order valence-corrected chi connectivity index (χ0v) is 13.9. The molecule has 1 heterocycles. The SMILES string of the molecule is CC(C)c1ccc(CN(CN2C(=O)CCNC2=O)C2CC2)cc1. The number of hydrogen-bond donors (Lipinski definition) is 1. The van der Waals surface area contributed by atoms with Gasteiger partial charge in [0.05, 0.1) is 6.67 Å². The van der Waals surface area contributed by atoms with Gasteiger partial charge in [-0.15, -0.1) is 0 Å². The molecule has 0 spiro atoms. The molecule has 1 saturated carbocycles. The van der Waals surface area contributed by atoms with E-state index in [4.69, 9.17) is 0 Å². The van der Waals surface area contributed by atoms with Crippen molar-refractivity contribution < 1.29 is 9.59 Å². The fraction of sp³-hybridized carbons (Fsp3) is 0.556. The van der Waals surface area contributed by atoms with Crippen molar-refractivity contribution in [3.63, 3.8) is 0 Å². The van der Waals surface area contributed by atoms with Gasteiger partial charge in [0.2, 0.25) is 5.91 Å². The van der Waals surface area contributed by atoms with Crippen LogP contribution in [0.5, 0.6) is 0 Å². The minimum Gasteiger partial charge on any atom is -0.337 e. The van der Waals surface area contributed by atoms with Gasteiger partial charge in [0.15, 0.2) is 0 Å². The van der Waals surface area contributed by atoms with E-state index in [1.165, 1.54) is 16.0 Å². The molecule has 1 aromatic carbocycles. The molecule has 1 saturated heterocycles. The van der Waals surface area contributed by atoms with Crippen LogP contribution in [-0.2, 0) is 11.3 Å². The third-order valence-electron chi connectivity index (χ3n) is 4.58. The Labute approximate surface area is 137 Å². The average molecular weight is 315 g/mol. The van der Waals surface area contributed by atoms with Crippen LogP contribution in [-0.4, -0.2) is 41.0 Å². The van der Waals surface area contributed by atoms with Crippen LogP contribution in [0.4, 0.5) is 4.79 Å². The van der Waals surface area contributed by atoms with E-state index in [9.17, 15) is 9.59 Å². The van der Waals surface area contributed by atoms with Gasteiger partial charge in [-0.05, 0) is 29.9 Å². The summed E-state index contributed by atoms with van der Waals surface area (Å²) < 4.78 is 0. The van der Waals surface area contributed by atoms with Gasteiger partial charge < -0.3 is 5.32 Å². The standard InChI is InChI=1S/C18H25N3O2/c1-13(2)15-5-3-14(4-6-15)11-20(16-7-8-16)12-21-17(22)9-10-19-18(21)23/h3-6,13,16H,7-12H2,1-2H3,(H,19,23). The summed E-state index contributed by atoms with van der Waals surface area (Å²) in [6.07, 6.45) is 2.69. The highest BCUT2D eigenvalue weighted by Crippen LogP contribution is 2.29. The van der Waals surface area contributed by atoms with E-state index in [1.807, 2.05) is 0 Å². The maximum atomic E-state index is 12.0. The molecule has 0 atom stereocenters. The minimum atomic E-state index is -0.262. The van der Waals surface area contributed by atoms with Crippen molar-refractivity contribution in [2.75, 3.05) is 13.2 Å². The van der Waals surface area contributed by atoms with Gasteiger partial charge in [0.1, 0.15) is 0 Å². The van der Waals surface area contributed by atoms with Crippen LogP contribution in [0.1, 0.15) is 50.2 Å². The van der Waals surface area contributed by atoms with Gasteiger partial charge in [-0.2, -0.15) is 0 Å². The quantitative estimate of drug-likeness (QED) is 0.878. The van der Waals surface area contributed by atoms with Crippen molar-refractivity contribution in [1.82, 2.24) is 15.1 Å². The molecule has 23 heavy (non-hydrogen) atoms. The van der Waals surface area contributed by atoms with Gasteiger partial charge >= 0.3 is 6.03 Å². The smallest absolute Gasteiger partial charge is 0.325 e. The predicted molar refractivity (Wildman–Crippen MR) is 88.8 cm³/mol. The molecule has 5 heteroatoms. The average Bonchev–Trinajstić information content (AvgIpc) is 3.35. The highest BCUT2D eigenvalue weighted by atomic mass is 16.2. The van der Waals surface area contributed by atoms with Crippen LogP contribution < -0.4 is 5.32 Å². The fourth-order valence-corrected chi connectivity index (χ4v) is 2.92. The molecule has 124 valence electrons. The van der Waals surface area contributed by atoms with E-state index >= 15 is 0 Å². The van der Waals surface area contributed by atoms with Gasteiger partial charge in [-0.1, -0.05) is 38.1 Å². The van der Waals surface area contributed by atoms with Crippen molar-refractivity contribution in [2.24, 2.45) is 0 Å². The number of hydrogen-bond acceptors (Lipinski definition) is 3. The molecule has 1 aliphatic heterocycles. The molecule has 2 fully saturated rings. The molecule has 5 nitrogen and oxygen atoms in total. The van der Waals surface area contributed by atoms with Gasteiger partial charge in [0.25, 0.3) is 0 Å². The first kappa shape index (κ1) is 16.0. The molecular weight excluding hydrogens is 290 g/mol. The fourth-order valence-electron chi connectivity index (χ4n) is 2.92. The van der Waals surface area contributed by atoms with E-state index in [0.717, 1.165) is 19.4 Å². The third kappa shape index (κ3) is 3.91. The molecule has 0 bridgehead atoms. The Bertz CT molecular complexity index is 562. The second-order valence-corrected chi connectivity index (χ2v) is 6.82. The number of carbonyl (C=O) groups is 2. The van der Waals surface area contributed by atoms with Crippen LogP contribution in [0, 0.1) is 0 Å². The van der Waals surface area contributed by atoms with Crippen LogP contribution in [0.3, 0.4) is 0 Å². The maximum Gasteiger partial charge on any atom is 0.325 e. The van der Waals surface area contributed by atoms with Crippen molar-refractivity contribution in [2.45, 2.75) is 51.6 Å². The van der Waals surface area contributed by atoms with E-state index in [-0.39, 0.29) is 11.9 Å². The van der Waals surface area contributed by atoms with E-state index in [2.05, 4.69) is 48.3 Å². The molecule has 0 radical (unpaired) electrons. The number of rotatable bonds is 6. The highest BCUT2D eigenvalue weighted by Gasteiger charge is 2.34. The van der Waals surface area contributed by atoms with Crippen LogP contribution in [0.15, 0.2) is 24.3 Å². The first-order valence-electron chi connectivity index (χ1n) is 8.45. The third-order valence-corrected chi connectivity index (χ3v) is 4.58. The lowest BCUT2D eigenvalue weighted by molar-refractivity contribution is -0.131. The molecule has 1 N–H and O–H groups in total. The van der Waals surface area contributed by atoms with Crippen LogP contribution in [0.25, 0.3) is 0 Å². The molecule has 1 aromatic rings. The van der Waals surface area contributed by atoms with Gasteiger partial charge in [-0.25, -0.2) is 4.79 Å². The van der Waals surface area contributed by atoms with Crippen molar-refractivity contribution in [3.8, 4) is 0 Å². The van der Waals surface area contributed by atoms with Crippen molar-refractivity contribution in [1.29, 1.82) is 0 Å². The monoisotopic (exact) mass is 315 g/mol. The van der Waals surface area contributed by atoms with Crippen molar-refractivity contribution in [3.05, 3.63) is 35.4 Å². The number of carbonyl (C=O) groups excluding carboxylic acids is 2. The first-order valence-corrected chi connectivity index (χ1v) is 8.45. The lowest BCUT2D eigenvalue weighted by Gasteiger charge is -2.32. The van der Waals surface area contributed by atoms with Gasteiger partial charge in [0, 0.05) is 25.6 Å². The molecule has 3 amide bonds. The minimum absolute atomic E-state index is 0.0745. The second kappa shape index (κ2) is 6.71. The van der Waals surface area contributed by atoms with Crippen LogP contribution >= 0.6 is 0 Å². The summed E-state index contributed by atoms with van der Waals surface area (Å²) in [5.74, 6) is 0.452. The molecular formula is C18H25N3O2. The Morgan fingerprint density at radius 3 is 2.48 bits per heavy atom. The summed E-state index contributed by atoms with van der Waals surface area (Å²) >= 11 is 0. The Hall–Kier alpha value is -1.88. The van der Waals surface area contributed by atoms with Crippen LogP contribution in [0.2, 0.25) is 0 Å². The largest absolute Gasteiger partial charge is 0.337 e. The topological polar surface area (TPSA) is 52.6 Å². The molecule has 0 unspecified atom stereocenters. The summed E-state index contributed by atoms with van der Waals surface area (Å²) in [6.45, 7) is 5.99. The number of amides is 3. The highest BCUT2D eigenvalue weighted by molar-refractivity contribution is 5.96. The summed E-state index contributed by atoms with van der Waals surface area (Å²) in [5, 5.41) is 2.75. The number of imide groups is 1. The Morgan fingerprint density at radius 2 is 1.91 bits per heavy atom. The zero-order valence-electron chi connectivity index (χ0n) is 13.9. The normalized spacial score (nSPS) is 18.7. The Morgan fingerprint density at radius 1 is 1.22 bits per heavy atom. The lowest BCUT2D eigenvalue weighted by Crippen LogP contribution is -2.53. The Balaban J connectivity index is 1.67. The summed E-state index contributed by atoms with van der Waals surface area (Å²) in [4.78, 5) is 27.5. The van der Waals surface area contributed by atoms with Crippen molar-refractivity contribution >= 4 is 11.9 Å².